The SMILES string of the molecule is O=C(CN(C(=O)c1ccc(Cl)cc1)N1C(=O)[C@@H]2C3c4ccccc4C(c4ccccc43)[C@@H]2C1=O)c1ccc(OC(=O)c2ccc(Cl)cc2Cl)cc1. The molecule has 1 saturated heterocycles. The smallest absolute Gasteiger partial charge is 0.345 e. The minimum absolute atomic E-state index is 0.109. The van der Waals surface area contributed by atoms with E-state index in [2.05, 4.69) is 0 Å². The van der Waals surface area contributed by atoms with Crippen molar-refractivity contribution in [3.63, 3.8) is 0 Å². The molecule has 0 radical (unpaired) electrons. The van der Waals surface area contributed by atoms with Crippen molar-refractivity contribution in [2.45, 2.75) is 11.8 Å². The van der Waals surface area contributed by atoms with E-state index in [0.717, 1.165) is 32.3 Å². The number of Topliss-reactive ketones (excluding diaryl/α,β-unsaturated/α-hetero) is 1. The van der Waals surface area contributed by atoms with Gasteiger partial charge in [0.05, 0.1) is 22.4 Å². The molecular formula is C40H25Cl3N2O6. The van der Waals surface area contributed by atoms with Gasteiger partial charge >= 0.3 is 5.97 Å². The van der Waals surface area contributed by atoms with Gasteiger partial charge in [-0.1, -0.05) is 83.3 Å². The highest BCUT2D eigenvalue weighted by atomic mass is 35.5. The monoisotopic (exact) mass is 734 g/mol. The maximum Gasteiger partial charge on any atom is 0.345 e. The summed E-state index contributed by atoms with van der Waals surface area (Å²) in [6.07, 6.45) is 0. The first-order chi connectivity index (χ1) is 24.6. The molecule has 8 nitrogen and oxygen atoms in total. The van der Waals surface area contributed by atoms with E-state index in [-0.39, 0.29) is 27.5 Å². The van der Waals surface area contributed by atoms with E-state index in [4.69, 9.17) is 39.5 Å². The molecule has 5 aromatic rings. The average molecular weight is 736 g/mol. The van der Waals surface area contributed by atoms with Crippen molar-refractivity contribution in [1.82, 2.24) is 10.0 Å². The molecule has 0 aromatic heterocycles. The van der Waals surface area contributed by atoms with Gasteiger partial charge in [0.15, 0.2) is 5.78 Å². The second-order valence-corrected chi connectivity index (χ2v) is 13.9. The number of carbonyl (C=O) groups is 5. The van der Waals surface area contributed by atoms with Gasteiger partial charge in [-0.05, 0) is 89.0 Å². The van der Waals surface area contributed by atoms with Crippen LogP contribution in [0.5, 0.6) is 5.75 Å². The summed E-state index contributed by atoms with van der Waals surface area (Å²) < 4.78 is 5.43. The Morgan fingerprint density at radius 1 is 0.627 bits per heavy atom. The van der Waals surface area contributed by atoms with Gasteiger partial charge in [-0.15, -0.1) is 0 Å². The van der Waals surface area contributed by atoms with Crippen LogP contribution in [0.25, 0.3) is 0 Å². The Morgan fingerprint density at radius 3 is 1.63 bits per heavy atom. The summed E-state index contributed by atoms with van der Waals surface area (Å²) in [5, 5.41) is 2.70. The van der Waals surface area contributed by atoms with Gasteiger partial charge < -0.3 is 4.74 Å². The highest BCUT2D eigenvalue weighted by Gasteiger charge is 2.63. The number of esters is 1. The standard InChI is InChI=1S/C40H25Cl3N2O6/c41-23-13-9-22(10-14-23)37(47)44(20-32(46)21-11-16-25(17-12-21)51-40(50)30-18-15-24(42)19-31(30)43)45-38(48)35-33-26-5-1-2-6-27(26)34(36(35)39(45)49)29-8-4-3-7-28(29)33/h1-19,33-36H,20H2/t33?,34?,35-,36+. The van der Waals surface area contributed by atoms with Crippen molar-refractivity contribution < 1.29 is 28.7 Å². The zero-order chi connectivity index (χ0) is 35.6. The molecule has 4 aliphatic rings. The maximum absolute atomic E-state index is 14.5. The number of halogens is 3. The molecule has 51 heavy (non-hydrogen) atoms. The van der Waals surface area contributed by atoms with E-state index in [1.807, 2.05) is 48.5 Å². The Kier molecular flexibility index (Phi) is 8.26. The van der Waals surface area contributed by atoms with Gasteiger partial charge in [-0.3, -0.25) is 19.2 Å². The van der Waals surface area contributed by atoms with Gasteiger partial charge in [-0.25, -0.2) is 9.80 Å². The summed E-state index contributed by atoms with van der Waals surface area (Å²) in [7, 11) is 0. The molecule has 5 aromatic carbocycles. The summed E-state index contributed by atoms with van der Waals surface area (Å²) >= 11 is 18.2. The topological polar surface area (TPSA) is 101 Å². The minimum Gasteiger partial charge on any atom is -0.423 e. The molecule has 11 heteroatoms. The fourth-order valence-corrected chi connectivity index (χ4v) is 8.24. The van der Waals surface area contributed by atoms with Gasteiger partial charge in [0.2, 0.25) is 0 Å². The second-order valence-electron chi connectivity index (χ2n) is 12.6. The largest absolute Gasteiger partial charge is 0.423 e. The van der Waals surface area contributed by atoms with Gasteiger partial charge in [-0.2, -0.15) is 5.01 Å². The minimum atomic E-state index is -0.758. The number of ketones is 1. The number of benzene rings is 5. The van der Waals surface area contributed by atoms with E-state index >= 15 is 0 Å². The first kappa shape index (κ1) is 32.9. The maximum atomic E-state index is 14.5. The number of ether oxygens (including phenoxy) is 1. The van der Waals surface area contributed by atoms with Crippen LogP contribution in [0, 0.1) is 11.8 Å². The zero-order valence-electron chi connectivity index (χ0n) is 26.5. The third-order valence-corrected chi connectivity index (χ3v) is 10.6. The van der Waals surface area contributed by atoms with Crippen LogP contribution in [0.1, 0.15) is 65.2 Å². The summed E-state index contributed by atoms with van der Waals surface area (Å²) in [6.45, 7) is -0.618. The number of nitrogens with zero attached hydrogens (tertiary/aromatic N) is 2. The number of hydrazine groups is 1. The summed E-state index contributed by atoms with van der Waals surface area (Å²) in [6, 6.07) is 31.7. The molecule has 252 valence electrons. The number of carbonyl (C=O) groups excluding carboxylic acids is 5. The molecule has 1 fully saturated rings. The predicted molar refractivity (Wildman–Crippen MR) is 190 cm³/mol. The fourth-order valence-electron chi connectivity index (χ4n) is 7.63. The Balaban J connectivity index is 1.11. The highest BCUT2D eigenvalue weighted by Crippen LogP contribution is 2.61. The normalized spacial score (nSPS) is 19.6. The fraction of sp³-hybridized carbons (Fsp3) is 0.125. The lowest BCUT2D eigenvalue weighted by atomic mass is 9.55. The highest BCUT2D eigenvalue weighted by molar-refractivity contribution is 6.36. The summed E-state index contributed by atoms with van der Waals surface area (Å²) in [4.78, 5) is 69.8. The second kappa shape index (κ2) is 12.8. The Morgan fingerprint density at radius 2 is 1.12 bits per heavy atom. The molecule has 3 aliphatic carbocycles. The Hall–Kier alpha value is -5.28. The van der Waals surface area contributed by atoms with Crippen LogP contribution in [-0.2, 0) is 9.59 Å². The number of imide groups is 1. The van der Waals surface area contributed by atoms with E-state index < -0.39 is 59.7 Å². The van der Waals surface area contributed by atoms with Crippen LogP contribution < -0.4 is 4.74 Å². The van der Waals surface area contributed by atoms with Gasteiger partial charge in [0, 0.05) is 33.0 Å². The van der Waals surface area contributed by atoms with Crippen LogP contribution >= 0.6 is 34.8 Å². The molecule has 2 atom stereocenters. The molecule has 2 bridgehead atoms. The number of hydrogen-bond donors (Lipinski definition) is 0. The van der Waals surface area contributed by atoms with E-state index in [1.54, 1.807) is 0 Å². The van der Waals surface area contributed by atoms with Crippen LogP contribution in [0.4, 0.5) is 0 Å². The van der Waals surface area contributed by atoms with Crippen molar-refractivity contribution >= 4 is 64.3 Å². The lowest BCUT2D eigenvalue weighted by Crippen LogP contribution is -2.52. The molecule has 0 spiro atoms. The molecule has 3 amide bonds. The molecule has 0 unspecified atom stereocenters. The van der Waals surface area contributed by atoms with Crippen molar-refractivity contribution in [2.75, 3.05) is 6.54 Å². The van der Waals surface area contributed by atoms with Crippen molar-refractivity contribution in [3.05, 3.63) is 169 Å². The first-order valence-electron chi connectivity index (χ1n) is 16.1. The third kappa shape index (κ3) is 5.51. The molecule has 1 heterocycles. The third-order valence-electron chi connectivity index (χ3n) is 9.82. The molecular weight excluding hydrogens is 711 g/mol. The Bertz CT molecular complexity index is 2180. The van der Waals surface area contributed by atoms with E-state index in [0.29, 0.717) is 10.0 Å². The average Bonchev–Trinajstić information content (AvgIpc) is 3.40. The van der Waals surface area contributed by atoms with Crippen molar-refractivity contribution in [2.24, 2.45) is 11.8 Å². The molecule has 9 rings (SSSR count). The van der Waals surface area contributed by atoms with Crippen molar-refractivity contribution in [1.29, 1.82) is 0 Å². The zero-order valence-corrected chi connectivity index (χ0v) is 28.7. The summed E-state index contributed by atoms with van der Waals surface area (Å²) in [5.74, 6) is -5.23. The van der Waals surface area contributed by atoms with Gasteiger partial charge in [0.25, 0.3) is 17.7 Å². The lowest BCUT2D eigenvalue weighted by Gasteiger charge is -2.45. The number of rotatable bonds is 7. The quantitative estimate of drug-likeness (QED) is 0.0727. The van der Waals surface area contributed by atoms with Crippen LogP contribution in [-0.4, -0.2) is 46.0 Å². The van der Waals surface area contributed by atoms with Crippen LogP contribution in [0.15, 0.2) is 115 Å². The lowest BCUT2D eigenvalue weighted by molar-refractivity contribution is -0.154. The summed E-state index contributed by atoms with van der Waals surface area (Å²) in [5.41, 5.74) is 4.34. The first-order valence-corrected chi connectivity index (χ1v) is 17.2. The number of amides is 3. The predicted octanol–water partition coefficient (Wildman–Crippen LogP) is 8.00. The van der Waals surface area contributed by atoms with Crippen molar-refractivity contribution in [3.8, 4) is 5.75 Å². The molecule has 1 aliphatic heterocycles. The molecule has 0 saturated carbocycles. The van der Waals surface area contributed by atoms with Crippen LogP contribution in [0.2, 0.25) is 15.1 Å². The molecule has 0 N–H and O–H groups in total. The number of hydrogen-bond acceptors (Lipinski definition) is 6. The van der Waals surface area contributed by atoms with E-state index in [9.17, 15) is 24.0 Å². The Labute approximate surface area is 307 Å². The van der Waals surface area contributed by atoms with Crippen LogP contribution in [0.3, 0.4) is 0 Å². The van der Waals surface area contributed by atoms with Gasteiger partial charge in [0.1, 0.15) is 12.3 Å². The van der Waals surface area contributed by atoms with E-state index in [1.165, 1.54) is 66.7 Å².